The summed E-state index contributed by atoms with van der Waals surface area (Å²) in [7, 11) is 2.15. The second-order valence-corrected chi connectivity index (χ2v) is 6.68. The van der Waals surface area contributed by atoms with Crippen LogP contribution >= 0.6 is 11.3 Å². The molecule has 0 bridgehead atoms. The molecule has 1 aliphatic carbocycles. The summed E-state index contributed by atoms with van der Waals surface area (Å²) >= 11 is 1.83. The molecule has 1 fully saturated rings. The van der Waals surface area contributed by atoms with E-state index < -0.39 is 0 Å². The van der Waals surface area contributed by atoms with Crippen LogP contribution in [0.15, 0.2) is 34.3 Å². The van der Waals surface area contributed by atoms with Crippen molar-refractivity contribution in [1.29, 1.82) is 0 Å². The number of nitrogens with zero attached hydrogens (tertiary/aromatic N) is 1. The Morgan fingerprint density at radius 1 is 1.45 bits per heavy atom. The van der Waals surface area contributed by atoms with Crippen molar-refractivity contribution in [1.82, 2.24) is 10.2 Å². The molecule has 4 heteroatoms. The highest BCUT2D eigenvalue weighted by molar-refractivity contribution is 7.09. The molecule has 2 aromatic rings. The number of hydrogen-bond donors (Lipinski definition) is 1. The molecule has 0 saturated heterocycles. The van der Waals surface area contributed by atoms with Crippen molar-refractivity contribution in [2.24, 2.45) is 0 Å². The Labute approximate surface area is 124 Å². The van der Waals surface area contributed by atoms with Gasteiger partial charge in [-0.05, 0) is 43.8 Å². The lowest BCUT2D eigenvalue weighted by Gasteiger charge is -2.14. The molecule has 20 heavy (non-hydrogen) atoms. The minimum Gasteiger partial charge on any atom is -0.468 e. The number of rotatable bonds is 8. The summed E-state index contributed by atoms with van der Waals surface area (Å²) in [6, 6.07) is 7.25. The normalized spacial score (nSPS) is 15.1. The molecule has 3 rings (SSSR count). The van der Waals surface area contributed by atoms with Crippen molar-refractivity contribution >= 4 is 11.3 Å². The number of likely N-dealkylation sites (N-methyl/N-ethyl adjacent to an activating group) is 1. The number of nitrogens with one attached hydrogen (secondary N) is 1. The molecule has 0 spiro atoms. The standard InChI is InChI=1S/C16H22N2OS/c1-18(7-6-16-3-2-8-20-16)11-15-9-13(12-19-15)10-17-14-4-5-14/h2-3,8-9,12,14,17H,4-7,10-11H2,1H3. The Kier molecular flexibility index (Phi) is 4.55. The quantitative estimate of drug-likeness (QED) is 0.809. The molecular formula is C16H22N2OS. The van der Waals surface area contributed by atoms with Gasteiger partial charge in [-0.2, -0.15) is 0 Å². The summed E-state index contributed by atoms with van der Waals surface area (Å²) in [5, 5.41) is 5.65. The Hall–Kier alpha value is -1.10. The van der Waals surface area contributed by atoms with Gasteiger partial charge in [-0.25, -0.2) is 0 Å². The summed E-state index contributed by atoms with van der Waals surface area (Å²) in [6.45, 7) is 2.89. The SMILES string of the molecule is CN(CCc1cccs1)Cc1cc(CNC2CC2)co1. The van der Waals surface area contributed by atoms with Crippen LogP contribution in [-0.2, 0) is 19.5 Å². The molecule has 1 aliphatic rings. The molecule has 1 N–H and O–H groups in total. The molecule has 2 heterocycles. The van der Waals surface area contributed by atoms with Crippen molar-refractivity contribution in [2.75, 3.05) is 13.6 Å². The first-order valence-corrected chi connectivity index (χ1v) is 8.18. The topological polar surface area (TPSA) is 28.4 Å². The van der Waals surface area contributed by atoms with E-state index in [-0.39, 0.29) is 0 Å². The van der Waals surface area contributed by atoms with Gasteiger partial charge in [-0.15, -0.1) is 11.3 Å². The molecule has 1 saturated carbocycles. The fraction of sp³-hybridized carbons (Fsp3) is 0.500. The van der Waals surface area contributed by atoms with Crippen molar-refractivity contribution in [3.63, 3.8) is 0 Å². The van der Waals surface area contributed by atoms with E-state index in [0.717, 1.165) is 37.9 Å². The molecule has 0 aromatic carbocycles. The number of furan rings is 1. The fourth-order valence-corrected chi connectivity index (χ4v) is 2.95. The van der Waals surface area contributed by atoms with Gasteiger partial charge in [0.05, 0.1) is 12.8 Å². The Morgan fingerprint density at radius 2 is 2.35 bits per heavy atom. The molecule has 2 aromatic heterocycles. The molecule has 3 nitrogen and oxygen atoms in total. The van der Waals surface area contributed by atoms with Crippen LogP contribution in [0.1, 0.15) is 29.0 Å². The van der Waals surface area contributed by atoms with Crippen LogP contribution in [0, 0.1) is 0 Å². The Morgan fingerprint density at radius 3 is 3.10 bits per heavy atom. The van der Waals surface area contributed by atoms with E-state index in [1.54, 1.807) is 0 Å². The van der Waals surface area contributed by atoms with Gasteiger partial charge < -0.3 is 9.73 Å². The Balaban J connectivity index is 1.41. The van der Waals surface area contributed by atoms with Gasteiger partial charge in [0.15, 0.2) is 0 Å². The predicted molar refractivity (Wildman–Crippen MR) is 82.9 cm³/mol. The maximum Gasteiger partial charge on any atom is 0.118 e. The molecule has 0 amide bonds. The van der Waals surface area contributed by atoms with Gasteiger partial charge >= 0.3 is 0 Å². The van der Waals surface area contributed by atoms with Crippen LogP contribution < -0.4 is 5.32 Å². The van der Waals surface area contributed by atoms with Gasteiger partial charge in [0, 0.05) is 29.6 Å². The zero-order chi connectivity index (χ0) is 13.8. The van der Waals surface area contributed by atoms with Crippen molar-refractivity contribution in [3.8, 4) is 0 Å². The average molecular weight is 290 g/mol. The van der Waals surface area contributed by atoms with Gasteiger partial charge in [0.25, 0.3) is 0 Å². The summed E-state index contributed by atoms with van der Waals surface area (Å²) in [5.41, 5.74) is 1.26. The summed E-state index contributed by atoms with van der Waals surface area (Å²) in [5.74, 6) is 1.06. The fourth-order valence-electron chi connectivity index (χ4n) is 2.25. The monoisotopic (exact) mass is 290 g/mol. The molecule has 0 atom stereocenters. The van der Waals surface area contributed by atoms with Crippen molar-refractivity contribution in [3.05, 3.63) is 46.0 Å². The lowest BCUT2D eigenvalue weighted by Crippen LogP contribution is -2.20. The van der Waals surface area contributed by atoms with Crippen LogP contribution in [0.4, 0.5) is 0 Å². The minimum absolute atomic E-state index is 0.752. The summed E-state index contributed by atoms with van der Waals surface area (Å²) in [4.78, 5) is 3.77. The van der Waals surface area contributed by atoms with E-state index in [1.165, 1.54) is 23.3 Å². The highest BCUT2D eigenvalue weighted by Gasteiger charge is 2.20. The molecule has 0 radical (unpaired) electrons. The lowest BCUT2D eigenvalue weighted by atomic mass is 10.3. The largest absolute Gasteiger partial charge is 0.468 e. The van der Waals surface area contributed by atoms with Crippen molar-refractivity contribution in [2.45, 2.75) is 38.4 Å². The summed E-state index contributed by atoms with van der Waals surface area (Å²) in [6.07, 6.45) is 5.66. The van der Waals surface area contributed by atoms with E-state index in [0.29, 0.717) is 0 Å². The highest BCUT2D eigenvalue weighted by atomic mass is 32.1. The minimum atomic E-state index is 0.752. The van der Waals surface area contributed by atoms with Gasteiger partial charge in [-0.1, -0.05) is 6.07 Å². The smallest absolute Gasteiger partial charge is 0.118 e. The Bertz CT molecular complexity index is 516. The zero-order valence-electron chi connectivity index (χ0n) is 12.0. The maximum atomic E-state index is 5.65. The first-order valence-electron chi connectivity index (χ1n) is 7.30. The van der Waals surface area contributed by atoms with E-state index in [4.69, 9.17) is 4.42 Å². The van der Waals surface area contributed by atoms with Crippen LogP contribution in [0.2, 0.25) is 0 Å². The van der Waals surface area contributed by atoms with Crippen LogP contribution in [0.3, 0.4) is 0 Å². The van der Waals surface area contributed by atoms with Gasteiger partial charge in [0.2, 0.25) is 0 Å². The van der Waals surface area contributed by atoms with E-state index in [1.807, 2.05) is 17.6 Å². The molecule has 0 unspecified atom stereocenters. The van der Waals surface area contributed by atoms with Crippen LogP contribution in [0.25, 0.3) is 0 Å². The molecule has 0 aliphatic heterocycles. The summed E-state index contributed by atoms with van der Waals surface area (Å²) < 4.78 is 5.65. The second-order valence-electron chi connectivity index (χ2n) is 5.64. The highest BCUT2D eigenvalue weighted by Crippen LogP contribution is 2.20. The van der Waals surface area contributed by atoms with Gasteiger partial charge in [0.1, 0.15) is 5.76 Å². The number of thiophene rings is 1. The van der Waals surface area contributed by atoms with Crippen molar-refractivity contribution < 1.29 is 4.42 Å². The lowest BCUT2D eigenvalue weighted by molar-refractivity contribution is 0.299. The van der Waals surface area contributed by atoms with E-state index in [9.17, 15) is 0 Å². The third-order valence-corrected chi connectivity index (χ3v) is 4.56. The first kappa shape index (κ1) is 13.9. The molecular weight excluding hydrogens is 268 g/mol. The van der Waals surface area contributed by atoms with Gasteiger partial charge in [-0.3, -0.25) is 4.90 Å². The zero-order valence-corrected chi connectivity index (χ0v) is 12.8. The molecule has 108 valence electrons. The second kappa shape index (κ2) is 6.57. The van der Waals surface area contributed by atoms with Crippen LogP contribution in [-0.4, -0.2) is 24.5 Å². The van der Waals surface area contributed by atoms with E-state index >= 15 is 0 Å². The first-order chi connectivity index (χ1) is 9.79. The third-order valence-electron chi connectivity index (χ3n) is 3.63. The third kappa shape index (κ3) is 4.20. The maximum absolute atomic E-state index is 5.65. The number of hydrogen-bond acceptors (Lipinski definition) is 4. The average Bonchev–Trinajstić information content (AvgIpc) is 2.94. The predicted octanol–water partition coefficient (Wildman–Crippen LogP) is 3.27. The van der Waals surface area contributed by atoms with E-state index in [2.05, 4.69) is 40.8 Å². The van der Waals surface area contributed by atoms with Crippen LogP contribution in [0.5, 0.6) is 0 Å².